The van der Waals surface area contributed by atoms with Crippen molar-refractivity contribution < 1.29 is 33.1 Å². The smallest absolute Gasteiger partial charge is 0.328 e. The molecule has 2 aromatic carbocycles. The minimum atomic E-state index is -4.07. The summed E-state index contributed by atoms with van der Waals surface area (Å²) in [6.07, 6.45) is 2.79. The van der Waals surface area contributed by atoms with Crippen LogP contribution in [0.3, 0.4) is 0 Å². The second-order valence-electron chi connectivity index (χ2n) is 13.2. The molecule has 268 valence electrons. The summed E-state index contributed by atoms with van der Waals surface area (Å²) in [6, 6.07) is 12.6. The number of oxime groups is 1. The molecule has 0 unspecified atom stereocenters. The van der Waals surface area contributed by atoms with Gasteiger partial charge >= 0.3 is 6.03 Å². The molecule has 1 aliphatic heterocycles. The Morgan fingerprint density at radius 2 is 1.84 bits per heavy atom. The Morgan fingerprint density at radius 1 is 1.14 bits per heavy atom. The second kappa shape index (κ2) is 16.2. The zero-order valence-electron chi connectivity index (χ0n) is 28.4. The first-order chi connectivity index (χ1) is 23.9. The molecule has 1 aliphatic carbocycles. The number of carbonyl (C=O) groups excluding carboxylic acids is 3. The van der Waals surface area contributed by atoms with Crippen molar-refractivity contribution in [2.75, 3.05) is 19.6 Å². The topological polar surface area (TPSA) is 173 Å². The summed E-state index contributed by atoms with van der Waals surface area (Å²) in [6.45, 7) is 5.04. The highest BCUT2D eigenvalue weighted by atomic mass is 32.2. The van der Waals surface area contributed by atoms with E-state index in [1.54, 1.807) is 19.2 Å². The van der Waals surface area contributed by atoms with Gasteiger partial charge in [-0.25, -0.2) is 18.2 Å². The monoisotopic (exact) mass is 724 g/mol. The third kappa shape index (κ3) is 8.75. The summed E-state index contributed by atoms with van der Waals surface area (Å²) in [7, 11) is -4.07. The molecule has 1 aromatic heterocycles. The Labute approximate surface area is 296 Å². The lowest BCUT2D eigenvalue weighted by Gasteiger charge is -2.36. The number of hydrogen-bond donors (Lipinski definition) is 3. The zero-order chi connectivity index (χ0) is 36.0. The van der Waals surface area contributed by atoms with Crippen LogP contribution in [0.5, 0.6) is 0 Å². The maximum absolute atomic E-state index is 14.1. The van der Waals surface area contributed by atoms with Gasteiger partial charge in [0.2, 0.25) is 15.9 Å². The molecular formula is C35H44N6O7S2. The summed E-state index contributed by atoms with van der Waals surface area (Å²) in [5.41, 5.74) is 1.91. The van der Waals surface area contributed by atoms with Gasteiger partial charge in [0.05, 0.1) is 40.5 Å². The van der Waals surface area contributed by atoms with E-state index in [9.17, 15) is 27.9 Å². The van der Waals surface area contributed by atoms with Crippen molar-refractivity contribution in [3.63, 3.8) is 0 Å². The number of imide groups is 1. The minimum absolute atomic E-state index is 0.00331. The Hall–Kier alpha value is -4.18. The number of nitrogens with one attached hydrogen (secondary N) is 1. The molecule has 15 heteroatoms. The minimum Gasteiger partial charge on any atom is -0.411 e. The summed E-state index contributed by atoms with van der Waals surface area (Å²) in [5.74, 6) is -1.24. The van der Waals surface area contributed by atoms with Crippen LogP contribution in [0.2, 0.25) is 0 Å². The zero-order valence-corrected chi connectivity index (χ0v) is 30.0. The van der Waals surface area contributed by atoms with E-state index in [2.05, 4.69) is 15.5 Å². The molecule has 1 saturated carbocycles. The third-order valence-electron chi connectivity index (χ3n) is 9.20. The van der Waals surface area contributed by atoms with E-state index < -0.39 is 52.0 Å². The molecule has 4 amide bonds. The average Bonchev–Trinajstić information content (AvgIpc) is 3.59. The number of rotatable bonds is 16. The number of hydrogen-bond acceptors (Lipinski definition) is 10. The predicted molar refractivity (Wildman–Crippen MR) is 188 cm³/mol. The van der Waals surface area contributed by atoms with Crippen LogP contribution in [0.15, 0.2) is 70.0 Å². The summed E-state index contributed by atoms with van der Waals surface area (Å²) >= 11 is 1.42. The highest BCUT2D eigenvalue weighted by Crippen LogP contribution is 2.30. The molecular weight excluding hydrogens is 681 g/mol. The van der Waals surface area contributed by atoms with Gasteiger partial charge in [0.15, 0.2) is 0 Å². The molecule has 2 aliphatic rings. The summed E-state index contributed by atoms with van der Waals surface area (Å²) < 4.78 is 29.2. The molecule has 2 heterocycles. The van der Waals surface area contributed by atoms with Crippen molar-refractivity contribution in [2.45, 2.75) is 76.1 Å². The highest BCUT2D eigenvalue weighted by Gasteiger charge is 2.44. The van der Waals surface area contributed by atoms with E-state index in [1.165, 1.54) is 51.0 Å². The maximum atomic E-state index is 14.1. The number of nitrogens with zero attached hydrogens (tertiary/aromatic N) is 5. The van der Waals surface area contributed by atoms with E-state index in [0.717, 1.165) is 34.7 Å². The van der Waals surface area contributed by atoms with Crippen LogP contribution in [-0.2, 0) is 32.6 Å². The number of aryl methyl sites for hydroxylation is 1. The van der Waals surface area contributed by atoms with Gasteiger partial charge in [0.1, 0.15) is 12.6 Å². The van der Waals surface area contributed by atoms with E-state index in [0.29, 0.717) is 11.3 Å². The fourth-order valence-electron chi connectivity index (χ4n) is 6.31. The van der Waals surface area contributed by atoms with Gasteiger partial charge in [0.25, 0.3) is 5.91 Å². The molecule has 50 heavy (non-hydrogen) atoms. The van der Waals surface area contributed by atoms with Gasteiger partial charge in [-0.05, 0) is 61.3 Å². The van der Waals surface area contributed by atoms with Gasteiger partial charge in [-0.3, -0.25) is 14.5 Å². The standard InChI is InChI=1S/C35H44N6O7S2/c1-23(2)33(41-21-32(43)40(35(41)45)19-28-22-49-24(3)37-28)34(44)38-30(16-25-8-5-4-6-9-25)31(42)20-39(18-27-10-7-11-27)50(47,48)29-14-12-26(13-15-29)17-36-46/h4-6,8-9,12-15,17,22-23,27,30-31,33,42,46H,7,10-11,16,18-21H2,1-3H3,(H,38,44)/b36-17+/t30-,31+,33-/m0/s1. The van der Waals surface area contributed by atoms with Crippen LogP contribution in [0.4, 0.5) is 4.79 Å². The van der Waals surface area contributed by atoms with Crippen molar-refractivity contribution in [1.82, 2.24) is 24.4 Å². The lowest BCUT2D eigenvalue weighted by Crippen LogP contribution is -2.57. The highest BCUT2D eigenvalue weighted by molar-refractivity contribution is 7.89. The Balaban J connectivity index is 1.38. The molecule has 5 rings (SSSR count). The average molecular weight is 725 g/mol. The van der Waals surface area contributed by atoms with Crippen molar-refractivity contribution in [2.24, 2.45) is 17.0 Å². The van der Waals surface area contributed by atoms with Crippen LogP contribution in [-0.4, -0.2) is 99.7 Å². The van der Waals surface area contributed by atoms with Crippen molar-refractivity contribution in [1.29, 1.82) is 0 Å². The largest absolute Gasteiger partial charge is 0.411 e. The number of benzene rings is 2. The summed E-state index contributed by atoms with van der Waals surface area (Å²) in [5, 5.41) is 29.2. The normalized spacial score (nSPS) is 17.5. The lowest BCUT2D eigenvalue weighted by atomic mass is 9.85. The number of urea groups is 1. The van der Waals surface area contributed by atoms with Gasteiger partial charge in [-0.15, -0.1) is 11.3 Å². The molecule has 1 saturated heterocycles. The van der Waals surface area contributed by atoms with Gasteiger partial charge in [-0.1, -0.05) is 67.9 Å². The molecule has 2 fully saturated rings. The van der Waals surface area contributed by atoms with Crippen molar-refractivity contribution in [3.05, 3.63) is 81.8 Å². The summed E-state index contributed by atoms with van der Waals surface area (Å²) in [4.78, 5) is 47.4. The van der Waals surface area contributed by atoms with E-state index in [1.807, 2.05) is 37.3 Å². The quantitative estimate of drug-likeness (QED) is 0.0870. The second-order valence-corrected chi connectivity index (χ2v) is 16.2. The Morgan fingerprint density at radius 3 is 2.42 bits per heavy atom. The fourth-order valence-corrected chi connectivity index (χ4v) is 8.45. The van der Waals surface area contributed by atoms with E-state index >= 15 is 0 Å². The number of aromatic nitrogens is 1. The SMILES string of the molecule is Cc1nc(CN2C(=O)CN([C@H](C(=O)N[C@@H](Cc3ccccc3)[C@H](O)CN(CC3CCC3)S(=O)(=O)c3ccc(/C=N/O)cc3)C(C)C)C2=O)cs1. The molecule has 3 N–H and O–H groups in total. The molecule has 13 nitrogen and oxygen atoms in total. The predicted octanol–water partition coefficient (Wildman–Crippen LogP) is 3.63. The molecule has 3 atom stereocenters. The number of sulfonamides is 1. The number of aliphatic hydroxyl groups excluding tert-OH is 1. The first kappa shape index (κ1) is 37.1. The Kier molecular flexibility index (Phi) is 12.0. The molecule has 0 spiro atoms. The first-order valence-corrected chi connectivity index (χ1v) is 19.0. The lowest BCUT2D eigenvalue weighted by molar-refractivity contribution is -0.129. The number of amides is 4. The Bertz CT molecular complexity index is 1780. The fraction of sp³-hybridized carbons (Fsp3) is 0.457. The van der Waals surface area contributed by atoms with Crippen molar-refractivity contribution >= 4 is 45.4 Å². The molecule has 0 radical (unpaired) electrons. The number of carbonyl (C=O) groups is 3. The van der Waals surface area contributed by atoms with Gasteiger partial charge < -0.3 is 20.5 Å². The van der Waals surface area contributed by atoms with Crippen LogP contribution >= 0.6 is 11.3 Å². The van der Waals surface area contributed by atoms with Crippen LogP contribution in [0.25, 0.3) is 0 Å². The number of thiazole rings is 1. The third-order valence-corrected chi connectivity index (χ3v) is 11.9. The first-order valence-electron chi connectivity index (χ1n) is 16.7. The van der Waals surface area contributed by atoms with E-state index in [-0.39, 0.29) is 43.4 Å². The van der Waals surface area contributed by atoms with Crippen molar-refractivity contribution in [3.8, 4) is 0 Å². The van der Waals surface area contributed by atoms with E-state index in [4.69, 9.17) is 5.21 Å². The van der Waals surface area contributed by atoms with Crippen LogP contribution in [0.1, 0.15) is 54.9 Å². The molecule has 3 aromatic rings. The van der Waals surface area contributed by atoms with Crippen LogP contribution < -0.4 is 5.32 Å². The maximum Gasteiger partial charge on any atom is 0.328 e. The van der Waals surface area contributed by atoms with Gasteiger partial charge in [-0.2, -0.15) is 4.31 Å². The number of aliphatic hydroxyl groups is 1. The van der Waals surface area contributed by atoms with Gasteiger partial charge in [0, 0.05) is 18.5 Å². The van der Waals surface area contributed by atoms with Crippen LogP contribution in [0, 0.1) is 18.8 Å². The molecule has 0 bridgehead atoms.